The van der Waals surface area contributed by atoms with Crippen molar-refractivity contribution in [1.29, 1.82) is 0 Å². The monoisotopic (exact) mass is 201 g/mol. The van der Waals surface area contributed by atoms with Crippen molar-refractivity contribution < 1.29 is 0 Å². The molecule has 0 amide bonds. The number of benzene rings is 1. The van der Waals surface area contributed by atoms with Gasteiger partial charge in [-0.05, 0) is 30.0 Å². The molecule has 1 aromatic rings. The van der Waals surface area contributed by atoms with Crippen LogP contribution in [0, 0.1) is 12.0 Å². The van der Waals surface area contributed by atoms with Crippen molar-refractivity contribution in [2.24, 2.45) is 5.92 Å². The third kappa shape index (κ3) is 2.40. The fourth-order valence-corrected chi connectivity index (χ4v) is 1.42. The van der Waals surface area contributed by atoms with Crippen molar-refractivity contribution in [2.75, 3.05) is 0 Å². The Labute approximate surface area is 83.5 Å². The van der Waals surface area contributed by atoms with E-state index in [4.69, 9.17) is 23.2 Å². The van der Waals surface area contributed by atoms with E-state index in [1.807, 2.05) is 6.07 Å². The summed E-state index contributed by atoms with van der Waals surface area (Å²) in [5, 5.41) is 1.26. The van der Waals surface area contributed by atoms with Crippen LogP contribution in [0.15, 0.2) is 12.1 Å². The lowest BCUT2D eigenvalue weighted by Crippen LogP contribution is -1.95. The van der Waals surface area contributed by atoms with Crippen LogP contribution < -0.4 is 0 Å². The molecule has 1 rings (SSSR count). The summed E-state index contributed by atoms with van der Waals surface area (Å²) >= 11 is 11.8. The van der Waals surface area contributed by atoms with Crippen molar-refractivity contribution in [1.82, 2.24) is 0 Å². The van der Waals surface area contributed by atoms with E-state index in [2.05, 4.69) is 19.9 Å². The van der Waals surface area contributed by atoms with Gasteiger partial charge in [-0.15, -0.1) is 0 Å². The van der Waals surface area contributed by atoms with Gasteiger partial charge in [-0.25, -0.2) is 0 Å². The van der Waals surface area contributed by atoms with E-state index in [9.17, 15) is 0 Å². The van der Waals surface area contributed by atoms with Gasteiger partial charge in [0.1, 0.15) is 0 Å². The molecule has 0 N–H and O–H groups in total. The molecule has 0 bridgehead atoms. The number of hydrogen-bond acceptors (Lipinski definition) is 0. The lowest BCUT2D eigenvalue weighted by atomic mass is 10.0. The van der Waals surface area contributed by atoms with Crippen LogP contribution in [0.5, 0.6) is 0 Å². The summed E-state index contributed by atoms with van der Waals surface area (Å²) in [6.45, 7) is 4.29. The molecule has 0 nitrogen and oxygen atoms in total. The standard InChI is InChI=1S/C10H11Cl2/c1-7(2)6-8-4-3-5-9(11)10(8)12/h3,5,7H,6H2,1-2H3. The molecular formula is C10H11Cl2. The summed E-state index contributed by atoms with van der Waals surface area (Å²) in [4.78, 5) is 0. The van der Waals surface area contributed by atoms with Gasteiger partial charge >= 0.3 is 0 Å². The van der Waals surface area contributed by atoms with Gasteiger partial charge in [0, 0.05) is 0 Å². The molecule has 12 heavy (non-hydrogen) atoms. The van der Waals surface area contributed by atoms with Gasteiger partial charge in [0.15, 0.2) is 0 Å². The van der Waals surface area contributed by atoms with Gasteiger partial charge in [-0.2, -0.15) is 0 Å². The molecule has 65 valence electrons. The van der Waals surface area contributed by atoms with Crippen LogP contribution in [0.25, 0.3) is 0 Å². The molecule has 0 heterocycles. The summed E-state index contributed by atoms with van der Waals surface area (Å²) in [7, 11) is 0. The molecule has 0 spiro atoms. The van der Waals surface area contributed by atoms with Crippen LogP contribution in [0.1, 0.15) is 19.4 Å². The lowest BCUT2D eigenvalue weighted by Gasteiger charge is -2.07. The second-order valence-electron chi connectivity index (χ2n) is 3.22. The zero-order chi connectivity index (χ0) is 9.14. The second kappa shape index (κ2) is 4.15. The number of hydrogen-bond donors (Lipinski definition) is 0. The van der Waals surface area contributed by atoms with Crippen molar-refractivity contribution in [3.05, 3.63) is 33.8 Å². The predicted octanol–water partition coefficient (Wildman–Crippen LogP) is 3.99. The fourth-order valence-electron chi connectivity index (χ4n) is 1.05. The third-order valence-corrected chi connectivity index (χ3v) is 2.42. The molecule has 0 aliphatic carbocycles. The van der Waals surface area contributed by atoms with E-state index in [1.165, 1.54) is 0 Å². The van der Waals surface area contributed by atoms with Crippen molar-refractivity contribution >= 4 is 23.2 Å². The van der Waals surface area contributed by atoms with Crippen LogP contribution in [0.2, 0.25) is 10.0 Å². The third-order valence-electron chi connectivity index (χ3n) is 1.57. The first-order valence-electron chi connectivity index (χ1n) is 3.96. The largest absolute Gasteiger partial charge is 0.0827 e. The van der Waals surface area contributed by atoms with Gasteiger partial charge in [0.2, 0.25) is 0 Å². The molecule has 0 saturated heterocycles. The van der Waals surface area contributed by atoms with Crippen molar-refractivity contribution in [3.8, 4) is 0 Å². The Morgan fingerprint density at radius 3 is 2.67 bits per heavy atom. The molecule has 0 aliphatic heterocycles. The minimum Gasteiger partial charge on any atom is -0.0827 e. The van der Waals surface area contributed by atoms with Crippen LogP contribution in [0.3, 0.4) is 0 Å². The van der Waals surface area contributed by atoms with Crippen molar-refractivity contribution in [3.63, 3.8) is 0 Å². The average molecular weight is 202 g/mol. The Hall–Kier alpha value is -0.200. The van der Waals surface area contributed by atoms with E-state index in [1.54, 1.807) is 6.07 Å². The highest BCUT2D eigenvalue weighted by Gasteiger charge is 2.05. The van der Waals surface area contributed by atoms with Gasteiger partial charge < -0.3 is 0 Å². The summed E-state index contributed by atoms with van der Waals surface area (Å²) in [6.07, 6.45) is 0.930. The smallest absolute Gasteiger partial charge is 0.0630 e. The van der Waals surface area contributed by atoms with E-state index in [0.29, 0.717) is 16.0 Å². The number of halogens is 2. The molecule has 0 saturated carbocycles. The Balaban J connectivity index is 2.92. The maximum Gasteiger partial charge on any atom is 0.0630 e. The normalized spacial score (nSPS) is 10.8. The van der Waals surface area contributed by atoms with E-state index < -0.39 is 0 Å². The Morgan fingerprint density at radius 2 is 2.08 bits per heavy atom. The molecule has 2 heteroatoms. The van der Waals surface area contributed by atoms with Crippen LogP contribution >= 0.6 is 23.2 Å². The summed E-state index contributed by atoms with van der Waals surface area (Å²) < 4.78 is 0. The van der Waals surface area contributed by atoms with Gasteiger partial charge in [0.05, 0.1) is 10.0 Å². The van der Waals surface area contributed by atoms with Crippen LogP contribution in [-0.4, -0.2) is 0 Å². The summed E-state index contributed by atoms with van der Waals surface area (Å²) in [5.74, 6) is 0.581. The molecule has 0 unspecified atom stereocenters. The summed E-state index contributed by atoms with van der Waals surface area (Å²) in [5.41, 5.74) is 1.01. The molecule has 0 fully saturated rings. The van der Waals surface area contributed by atoms with Crippen LogP contribution in [-0.2, 0) is 6.42 Å². The van der Waals surface area contributed by atoms with Gasteiger partial charge in [-0.3, -0.25) is 0 Å². The van der Waals surface area contributed by atoms with Gasteiger partial charge in [-0.1, -0.05) is 43.1 Å². The van der Waals surface area contributed by atoms with E-state index in [0.717, 1.165) is 12.0 Å². The zero-order valence-electron chi connectivity index (χ0n) is 7.20. The van der Waals surface area contributed by atoms with Crippen molar-refractivity contribution in [2.45, 2.75) is 20.3 Å². The summed E-state index contributed by atoms with van der Waals surface area (Å²) in [6, 6.07) is 6.66. The topological polar surface area (TPSA) is 0 Å². The Kier molecular flexibility index (Phi) is 3.42. The SMILES string of the molecule is CC(C)Cc1[c]ccc(Cl)c1Cl. The number of rotatable bonds is 2. The Bertz CT molecular complexity index is 267. The maximum atomic E-state index is 5.97. The highest BCUT2D eigenvalue weighted by molar-refractivity contribution is 6.42. The minimum absolute atomic E-state index is 0.581. The highest BCUT2D eigenvalue weighted by atomic mass is 35.5. The maximum absolute atomic E-state index is 5.97. The molecule has 0 atom stereocenters. The first kappa shape index (κ1) is 9.88. The van der Waals surface area contributed by atoms with Crippen LogP contribution in [0.4, 0.5) is 0 Å². The van der Waals surface area contributed by atoms with Gasteiger partial charge in [0.25, 0.3) is 0 Å². The first-order valence-corrected chi connectivity index (χ1v) is 4.71. The predicted molar refractivity (Wildman–Crippen MR) is 53.8 cm³/mol. The second-order valence-corrected chi connectivity index (χ2v) is 4.00. The first-order chi connectivity index (χ1) is 5.61. The minimum atomic E-state index is 0.581. The van der Waals surface area contributed by atoms with E-state index in [-0.39, 0.29) is 0 Å². The molecule has 0 aliphatic rings. The quantitative estimate of drug-likeness (QED) is 0.680. The zero-order valence-corrected chi connectivity index (χ0v) is 8.71. The average Bonchev–Trinajstić information content (AvgIpc) is 1.98. The molecule has 1 aromatic carbocycles. The molecule has 0 aromatic heterocycles. The highest BCUT2D eigenvalue weighted by Crippen LogP contribution is 2.26. The lowest BCUT2D eigenvalue weighted by molar-refractivity contribution is 0.647. The molecular weight excluding hydrogens is 191 g/mol. The fraction of sp³-hybridized carbons (Fsp3) is 0.400. The van der Waals surface area contributed by atoms with E-state index >= 15 is 0 Å². The Morgan fingerprint density at radius 1 is 1.42 bits per heavy atom. The molecule has 1 radical (unpaired) electrons.